The van der Waals surface area contributed by atoms with E-state index in [1.165, 1.54) is 0 Å². The maximum atomic E-state index is 5.83. The van der Waals surface area contributed by atoms with Gasteiger partial charge in [-0.2, -0.15) is 4.98 Å². The van der Waals surface area contributed by atoms with Crippen LogP contribution in [0.5, 0.6) is 0 Å². The molecule has 0 atom stereocenters. The van der Waals surface area contributed by atoms with Gasteiger partial charge in [0.2, 0.25) is 0 Å². The third kappa shape index (κ3) is 1.96. The molecule has 2 rings (SSSR count). The topological polar surface area (TPSA) is 55.3 Å². The molecule has 0 radical (unpaired) electrons. The fraction of sp³-hybridized carbons (Fsp3) is 0.417. The molecule has 0 saturated carbocycles. The van der Waals surface area contributed by atoms with Crippen LogP contribution in [0, 0.1) is 0 Å². The van der Waals surface area contributed by atoms with Crippen molar-refractivity contribution in [2.75, 3.05) is 24.2 Å². The summed E-state index contributed by atoms with van der Waals surface area (Å²) in [7, 11) is 1.98. The van der Waals surface area contributed by atoms with Crippen molar-refractivity contribution in [2.24, 2.45) is 0 Å². The number of nitrogens with zero attached hydrogens (tertiary/aromatic N) is 2. The highest BCUT2D eigenvalue weighted by Gasteiger charge is 2.11. The molecule has 1 aromatic carbocycles. The Kier molecular flexibility index (Phi) is 2.99. The van der Waals surface area contributed by atoms with E-state index < -0.39 is 0 Å². The third-order valence-electron chi connectivity index (χ3n) is 2.61. The van der Waals surface area contributed by atoms with Crippen LogP contribution in [0.15, 0.2) is 22.6 Å². The van der Waals surface area contributed by atoms with Gasteiger partial charge >= 0.3 is 0 Å². The first-order valence-electron chi connectivity index (χ1n) is 5.58. The van der Waals surface area contributed by atoms with E-state index in [1.54, 1.807) is 0 Å². The van der Waals surface area contributed by atoms with Crippen molar-refractivity contribution in [3.8, 4) is 0 Å². The fourth-order valence-corrected chi connectivity index (χ4v) is 1.61. The Morgan fingerprint density at radius 2 is 2.25 bits per heavy atom. The molecule has 2 N–H and O–H groups in total. The number of nitrogen functional groups attached to an aromatic ring is 1. The Balaban J connectivity index is 2.29. The molecular formula is C12H17N3O. The Bertz CT molecular complexity index is 478. The molecule has 1 heterocycles. The molecule has 4 nitrogen and oxygen atoms in total. The van der Waals surface area contributed by atoms with E-state index >= 15 is 0 Å². The van der Waals surface area contributed by atoms with Gasteiger partial charge in [0.05, 0.1) is 5.69 Å². The third-order valence-corrected chi connectivity index (χ3v) is 2.61. The van der Waals surface area contributed by atoms with E-state index in [0.29, 0.717) is 11.7 Å². The summed E-state index contributed by atoms with van der Waals surface area (Å²) in [5, 5.41) is 0. The fourth-order valence-electron chi connectivity index (χ4n) is 1.61. The molecular weight excluding hydrogens is 202 g/mol. The van der Waals surface area contributed by atoms with Crippen molar-refractivity contribution in [3.63, 3.8) is 0 Å². The van der Waals surface area contributed by atoms with Crippen molar-refractivity contribution < 1.29 is 4.42 Å². The first-order chi connectivity index (χ1) is 7.72. The number of rotatable bonds is 4. The molecule has 0 saturated heterocycles. The molecule has 0 fully saturated rings. The van der Waals surface area contributed by atoms with Crippen LogP contribution in [-0.2, 0) is 0 Å². The zero-order valence-corrected chi connectivity index (χ0v) is 9.73. The highest BCUT2D eigenvalue weighted by molar-refractivity contribution is 5.86. The van der Waals surface area contributed by atoms with E-state index in [-0.39, 0.29) is 0 Å². The summed E-state index contributed by atoms with van der Waals surface area (Å²) < 4.78 is 5.64. The number of anilines is 2. The van der Waals surface area contributed by atoms with E-state index in [9.17, 15) is 0 Å². The van der Waals surface area contributed by atoms with Crippen molar-refractivity contribution in [3.05, 3.63) is 18.2 Å². The van der Waals surface area contributed by atoms with Crippen molar-refractivity contribution in [1.29, 1.82) is 0 Å². The largest absolute Gasteiger partial charge is 0.423 e. The average molecular weight is 219 g/mol. The number of para-hydroxylation sites is 1. The number of fused-ring (bicyclic) bond motifs is 1. The van der Waals surface area contributed by atoms with E-state index in [2.05, 4.69) is 11.9 Å². The van der Waals surface area contributed by atoms with Crippen LogP contribution in [-0.4, -0.2) is 18.6 Å². The predicted octanol–water partition coefficient (Wildman–Crippen LogP) is 2.65. The zero-order chi connectivity index (χ0) is 11.5. The van der Waals surface area contributed by atoms with Gasteiger partial charge in [-0.05, 0) is 18.6 Å². The minimum atomic E-state index is 0.640. The number of aromatic nitrogens is 1. The molecule has 0 amide bonds. The van der Waals surface area contributed by atoms with Gasteiger partial charge in [0.15, 0.2) is 5.58 Å². The quantitative estimate of drug-likeness (QED) is 0.803. The average Bonchev–Trinajstić information content (AvgIpc) is 2.71. The normalized spacial score (nSPS) is 10.9. The van der Waals surface area contributed by atoms with Gasteiger partial charge in [0, 0.05) is 13.6 Å². The number of hydrogen-bond acceptors (Lipinski definition) is 4. The Hall–Kier alpha value is -1.71. The lowest BCUT2D eigenvalue weighted by Gasteiger charge is -2.12. The lowest BCUT2D eigenvalue weighted by atomic mass is 10.3. The second-order valence-electron chi connectivity index (χ2n) is 3.97. The maximum Gasteiger partial charge on any atom is 0.298 e. The van der Waals surface area contributed by atoms with Crippen LogP contribution in [0.25, 0.3) is 11.1 Å². The summed E-state index contributed by atoms with van der Waals surface area (Å²) in [6, 6.07) is 6.23. The van der Waals surface area contributed by atoms with Gasteiger partial charge in [-0.3, -0.25) is 0 Å². The maximum absolute atomic E-state index is 5.83. The van der Waals surface area contributed by atoms with Gasteiger partial charge in [0.1, 0.15) is 5.52 Å². The van der Waals surface area contributed by atoms with Crippen molar-refractivity contribution >= 4 is 22.8 Å². The molecule has 4 heteroatoms. The van der Waals surface area contributed by atoms with Gasteiger partial charge in [-0.15, -0.1) is 0 Å². The number of benzene rings is 1. The molecule has 0 spiro atoms. The summed E-state index contributed by atoms with van der Waals surface area (Å²) in [5.74, 6) is 0. The molecule has 2 aromatic rings. The predicted molar refractivity (Wildman–Crippen MR) is 66.6 cm³/mol. The summed E-state index contributed by atoms with van der Waals surface area (Å²) in [6.45, 7) is 3.11. The molecule has 1 aromatic heterocycles. The number of unbranched alkanes of at least 4 members (excludes halogenated alkanes) is 1. The van der Waals surface area contributed by atoms with Crippen LogP contribution < -0.4 is 10.6 Å². The Labute approximate surface area is 95.1 Å². The first kappa shape index (κ1) is 10.8. The summed E-state index contributed by atoms with van der Waals surface area (Å²) in [6.07, 6.45) is 2.29. The number of oxazole rings is 1. The smallest absolute Gasteiger partial charge is 0.298 e. The van der Waals surface area contributed by atoms with Crippen molar-refractivity contribution in [2.45, 2.75) is 19.8 Å². The highest BCUT2D eigenvalue weighted by atomic mass is 16.4. The molecule has 0 aliphatic rings. The Morgan fingerprint density at radius 1 is 1.44 bits per heavy atom. The minimum absolute atomic E-state index is 0.640. The van der Waals surface area contributed by atoms with Crippen LogP contribution in [0.3, 0.4) is 0 Å². The van der Waals surface area contributed by atoms with E-state index in [4.69, 9.17) is 10.2 Å². The van der Waals surface area contributed by atoms with Crippen molar-refractivity contribution in [1.82, 2.24) is 4.98 Å². The van der Waals surface area contributed by atoms with Crippen LogP contribution in [0.4, 0.5) is 11.7 Å². The van der Waals surface area contributed by atoms with Gasteiger partial charge < -0.3 is 15.1 Å². The lowest BCUT2D eigenvalue weighted by Crippen LogP contribution is -2.18. The van der Waals surface area contributed by atoms with Gasteiger partial charge in [0.25, 0.3) is 6.01 Å². The summed E-state index contributed by atoms with van der Waals surface area (Å²) in [5.41, 5.74) is 7.99. The molecule has 16 heavy (non-hydrogen) atoms. The molecule has 0 bridgehead atoms. The van der Waals surface area contributed by atoms with Crippen LogP contribution >= 0.6 is 0 Å². The molecule has 0 aliphatic carbocycles. The molecule has 86 valence electrons. The summed E-state index contributed by atoms with van der Waals surface area (Å²) in [4.78, 5) is 6.42. The zero-order valence-electron chi connectivity index (χ0n) is 9.73. The standard InChI is InChI=1S/C12H17N3O/c1-3-4-8-15(2)12-14-11-9(13)6-5-7-10(11)16-12/h5-7H,3-4,8,13H2,1-2H3. The second kappa shape index (κ2) is 4.43. The molecule has 0 aliphatic heterocycles. The minimum Gasteiger partial charge on any atom is -0.423 e. The first-order valence-corrected chi connectivity index (χ1v) is 5.58. The monoisotopic (exact) mass is 219 g/mol. The SMILES string of the molecule is CCCCN(C)c1nc2c(N)cccc2o1. The van der Waals surface area contributed by atoms with Gasteiger partial charge in [-0.25, -0.2) is 0 Å². The number of hydrogen-bond donors (Lipinski definition) is 1. The molecule has 0 unspecified atom stereocenters. The number of nitrogens with two attached hydrogens (primary N) is 1. The van der Waals surface area contributed by atoms with Crippen LogP contribution in [0.1, 0.15) is 19.8 Å². The van der Waals surface area contributed by atoms with E-state index in [1.807, 2.05) is 30.1 Å². The van der Waals surface area contributed by atoms with Gasteiger partial charge in [-0.1, -0.05) is 19.4 Å². The van der Waals surface area contributed by atoms with E-state index in [0.717, 1.165) is 30.5 Å². The summed E-state index contributed by atoms with van der Waals surface area (Å²) >= 11 is 0. The Morgan fingerprint density at radius 3 is 2.94 bits per heavy atom. The van der Waals surface area contributed by atoms with Crippen LogP contribution in [0.2, 0.25) is 0 Å². The second-order valence-corrected chi connectivity index (χ2v) is 3.97. The highest BCUT2D eigenvalue weighted by Crippen LogP contribution is 2.25. The lowest BCUT2D eigenvalue weighted by molar-refractivity contribution is 0.576.